The van der Waals surface area contributed by atoms with Gasteiger partial charge in [-0.3, -0.25) is 9.10 Å². The maximum atomic E-state index is 14.0. The van der Waals surface area contributed by atoms with Gasteiger partial charge in [0.05, 0.1) is 23.7 Å². The van der Waals surface area contributed by atoms with Crippen LogP contribution in [0.1, 0.15) is 35.4 Å². The number of carbonyl (C=O) groups excluding carboxylic acids is 1. The fraction of sp³-hybridized carbons (Fsp3) is 0.370. The predicted octanol–water partition coefficient (Wildman–Crippen LogP) is 3.32. The lowest BCUT2D eigenvalue weighted by atomic mass is 10.0. The number of nitriles is 1. The van der Waals surface area contributed by atoms with Crippen molar-refractivity contribution in [1.29, 1.82) is 5.26 Å². The van der Waals surface area contributed by atoms with Crippen LogP contribution in [0.15, 0.2) is 57.9 Å². The SMILES string of the molecule is Cc1noc(C)c1S(=O)(=O)N(CCN1CCC(NC(=O)Cc2ccc(C#N)cc2)CC1)c1cccc(F)c1. The molecule has 0 radical (unpaired) electrons. The van der Waals surface area contributed by atoms with Crippen LogP contribution >= 0.6 is 0 Å². The van der Waals surface area contributed by atoms with Gasteiger partial charge in [-0.2, -0.15) is 5.26 Å². The molecule has 0 unspecified atom stereocenters. The van der Waals surface area contributed by atoms with Crippen LogP contribution in [0.3, 0.4) is 0 Å². The van der Waals surface area contributed by atoms with E-state index in [2.05, 4.69) is 21.4 Å². The van der Waals surface area contributed by atoms with Crippen molar-refractivity contribution in [2.24, 2.45) is 0 Å². The number of carbonyl (C=O) groups is 1. The molecule has 1 fully saturated rings. The molecule has 38 heavy (non-hydrogen) atoms. The number of hydrogen-bond donors (Lipinski definition) is 1. The Morgan fingerprint density at radius 1 is 1.21 bits per heavy atom. The number of anilines is 1. The zero-order valence-electron chi connectivity index (χ0n) is 21.4. The number of aromatic nitrogens is 1. The van der Waals surface area contributed by atoms with Crippen molar-refractivity contribution in [2.45, 2.75) is 44.0 Å². The quantitative estimate of drug-likeness (QED) is 0.443. The van der Waals surface area contributed by atoms with Gasteiger partial charge in [-0.05, 0) is 62.6 Å². The van der Waals surface area contributed by atoms with Gasteiger partial charge in [0.2, 0.25) is 5.91 Å². The third-order valence-electron chi connectivity index (χ3n) is 6.63. The zero-order valence-corrected chi connectivity index (χ0v) is 22.2. The first kappa shape index (κ1) is 27.3. The van der Waals surface area contributed by atoms with Crippen LogP contribution in [-0.2, 0) is 21.2 Å². The molecule has 2 heterocycles. The van der Waals surface area contributed by atoms with E-state index in [0.29, 0.717) is 25.2 Å². The number of amides is 1. The van der Waals surface area contributed by atoms with Gasteiger partial charge in [0.25, 0.3) is 10.0 Å². The van der Waals surface area contributed by atoms with Gasteiger partial charge in [-0.25, -0.2) is 12.8 Å². The fourth-order valence-corrected chi connectivity index (χ4v) is 6.41. The third kappa shape index (κ3) is 6.38. The Labute approximate surface area is 221 Å². The van der Waals surface area contributed by atoms with Crippen LogP contribution in [0.2, 0.25) is 0 Å². The lowest BCUT2D eigenvalue weighted by molar-refractivity contribution is -0.121. The molecule has 0 bridgehead atoms. The van der Waals surface area contributed by atoms with Crippen LogP contribution in [0, 0.1) is 31.0 Å². The number of rotatable bonds is 9. The monoisotopic (exact) mass is 539 g/mol. The van der Waals surface area contributed by atoms with E-state index in [-0.39, 0.29) is 47.0 Å². The second-order valence-corrected chi connectivity index (χ2v) is 11.2. The Morgan fingerprint density at radius 3 is 2.53 bits per heavy atom. The van der Waals surface area contributed by atoms with Crippen LogP contribution in [0.5, 0.6) is 0 Å². The summed E-state index contributed by atoms with van der Waals surface area (Å²) < 4.78 is 47.5. The maximum absolute atomic E-state index is 14.0. The lowest BCUT2D eigenvalue weighted by Crippen LogP contribution is -2.47. The summed E-state index contributed by atoms with van der Waals surface area (Å²) in [5, 5.41) is 15.8. The van der Waals surface area contributed by atoms with Gasteiger partial charge >= 0.3 is 0 Å². The van der Waals surface area contributed by atoms with Crippen LogP contribution < -0.4 is 9.62 Å². The summed E-state index contributed by atoms with van der Waals surface area (Å²) in [5.74, 6) is -0.420. The Kier molecular flexibility index (Phi) is 8.44. The second kappa shape index (κ2) is 11.8. The van der Waals surface area contributed by atoms with E-state index in [0.717, 1.165) is 18.4 Å². The molecule has 1 aliphatic rings. The normalized spacial score (nSPS) is 14.7. The van der Waals surface area contributed by atoms with Crippen molar-refractivity contribution >= 4 is 21.6 Å². The number of aryl methyl sites for hydroxylation is 2. The van der Waals surface area contributed by atoms with Gasteiger partial charge in [-0.15, -0.1) is 0 Å². The minimum absolute atomic E-state index is 0.00885. The summed E-state index contributed by atoms with van der Waals surface area (Å²) in [4.78, 5) is 14.6. The summed E-state index contributed by atoms with van der Waals surface area (Å²) >= 11 is 0. The second-order valence-electron chi connectivity index (χ2n) is 9.38. The van der Waals surface area contributed by atoms with Crippen molar-refractivity contribution in [1.82, 2.24) is 15.4 Å². The molecule has 0 saturated carbocycles. The summed E-state index contributed by atoms with van der Waals surface area (Å²) in [6, 6.07) is 14.6. The molecule has 1 N–H and O–H groups in total. The maximum Gasteiger partial charge on any atom is 0.269 e. The van der Waals surface area contributed by atoms with Gasteiger partial charge in [-0.1, -0.05) is 23.4 Å². The van der Waals surface area contributed by atoms with Crippen molar-refractivity contribution in [3.05, 3.63) is 76.9 Å². The van der Waals surface area contributed by atoms with Crippen molar-refractivity contribution < 1.29 is 22.1 Å². The van der Waals surface area contributed by atoms with E-state index >= 15 is 0 Å². The average molecular weight is 540 g/mol. The Hall–Kier alpha value is -3.75. The molecular weight excluding hydrogens is 509 g/mol. The summed E-state index contributed by atoms with van der Waals surface area (Å²) in [6.07, 6.45) is 1.71. The molecule has 1 saturated heterocycles. The minimum Gasteiger partial charge on any atom is -0.360 e. The van der Waals surface area contributed by atoms with Crippen molar-refractivity contribution in [2.75, 3.05) is 30.5 Å². The number of nitrogens with zero attached hydrogens (tertiary/aromatic N) is 4. The molecule has 9 nitrogen and oxygen atoms in total. The first-order valence-corrected chi connectivity index (χ1v) is 13.8. The molecule has 2 aromatic carbocycles. The Balaban J connectivity index is 1.36. The van der Waals surface area contributed by atoms with Gasteiger partial charge in [0, 0.05) is 32.2 Å². The highest BCUT2D eigenvalue weighted by Gasteiger charge is 2.32. The topological polar surface area (TPSA) is 120 Å². The Bertz CT molecular complexity index is 1400. The molecule has 200 valence electrons. The summed E-state index contributed by atoms with van der Waals surface area (Å²) in [5.41, 5.74) is 1.88. The highest BCUT2D eigenvalue weighted by atomic mass is 32.2. The van der Waals surface area contributed by atoms with E-state index < -0.39 is 15.8 Å². The van der Waals surface area contributed by atoms with Gasteiger partial charge < -0.3 is 14.7 Å². The fourth-order valence-electron chi connectivity index (χ4n) is 4.67. The van der Waals surface area contributed by atoms with E-state index in [1.807, 2.05) is 0 Å². The average Bonchev–Trinajstić information content (AvgIpc) is 3.24. The van der Waals surface area contributed by atoms with Crippen LogP contribution in [-0.4, -0.2) is 56.6 Å². The van der Waals surface area contributed by atoms with E-state index in [1.54, 1.807) is 37.3 Å². The molecule has 4 rings (SSSR count). The highest BCUT2D eigenvalue weighted by molar-refractivity contribution is 7.93. The van der Waals surface area contributed by atoms with E-state index in [1.165, 1.54) is 29.4 Å². The number of likely N-dealkylation sites (tertiary alicyclic amines) is 1. The number of benzene rings is 2. The van der Waals surface area contributed by atoms with Crippen molar-refractivity contribution in [3.8, 4) is 6.07 Å². The number of sulfonamides is 1. The molecule has 0 spiro atoms. The van der Waals surface area contributed by atoms with Crippen LogP contribution in [0.4, 0.5) is 10.1 Å². The molecule has 0 atom stereocenters. The molecule has 11 heteroatoms. The highest BCUT2D eigenvalue weighted by Crippen LogP contribution is 2.28. The first-order chi connectivity index (χ1) is 18.2. The first-order valence-electron chi connectivity index (χ1n) is 12.4. The summed E-state index contributed by atoms with van der Waals surface area (Å²) in [7, 11) is -4.04. The minimum atomic E-state index is -4.04. The van der Waals surface area contributed by atoms with Crippen LogP contribution in [0.25, 0.3) is 0 Å². The third-order valence-corrected chi connectivity index (χ3v) is 8.70. The standard InChI is InChI=1S/C27H30FN5O4S/c1-19-27(20(2)37-31-19)38(35,36)33(25-5-3-4-23(28)17-25)15-14-32-12-10-24(11-13-32)30-26(34)16-21-6-8-22(18-29)9-7-21/h3-9,17,24H,10-16H2,1-2H3,(H,30,34). The lowest BCUT2D eigenvalue weighted by Gasteiger charge is -2.34. The predicted molar refractivity (Wildman–Crippen MR) is 139 cm³/mol. The molecule has 1 aromatic heterocycles. The number of piperidine rings is 1. The largest absolute Gasteiger partial charge is 0.360 e. The zero-order chi connectivity index (χ0) is 27.3. The molecule has 1 aliphatic heterocycles. The van der Waals surface area contributed by atoms with Gasteiger partial charge in [0.15, 0.2) is 10.7 Å². The van der Waals surface area contributed by atoms with E-state index in [4.69, 9.17) is 9.78 Å². The smallest absolute Gasteiger partial charge is 0.269 e. The molecule has 0 aliphatic carbocycles. The van der Waals surface area contributed by atoms with E-state index in [9.17, 15) is 17.6 Å². The number of nitrogens with one attached hydrogen (secondary N) is 1. The van der Waals surface area contributed by atoms with Crippen molar-refractivity contribution in [3.63, 3.8) is 0 Å². The number of halogens is 1. The number of hydrogen-bond acceptors (Lipinski definition) is 7. The Morgan fingerprint density at radius 2 is 1.92 bits per heavy atom. The molecule has 1 amide bonds. The molecular formula is C27H30FN5O4S. The molecule has 3 aromatic rings. The van der Waals surface area contributed by atoms with Gasteiger partial charge in [0.1, 0.15) is 11.5 Å². The summed E-state index contributed by atoms with van der Waals surface area (Å²) in [6.45, 7) is 5.02.